The molecule has 0 bridgehead atoms. The lowest BCUT2D eigenvalue weighted by Crippen LogP contribution is -2.50. The number of halogens is 2. The fourth-order valence-corrected chi connectivity index (χ4v) is 3.62. The van der Waals surface area contributed by atoms with Crippen LogP contribution in [0.3, 0.4) is 0 Å². The van der Waals surface area contributed by atoms with Gasteiger partial charge in [0.05, 0.1) is 6.04 Å². The third-order valence-electron chi connectivity index (χ3n) is 5.08. The van der Waals surface area contributed by atoms with E-state index < -0.39 is 0 Å². The van der Waals surface area contributed by atoms with Crippen LogP contribution in [0.5, 0.6) is 0 Å². The number of carbonyl (C=O) groups excluding carboxylic acids is 1. The lowest BCUT2D eigenvalue weighted by Gasteiger charge is -2.40. The first-order chi connectivity index (χ1) is 12.6. The summed E-state index contributed by atoms with van der Waals surface area (Å²) in [5.74, 6) is 0.234. The Morgan fingerprint density at radius 3 is 1.79 bits per heavy atom. The van der Waals surface area contributed by atoms with E-state index >= 15 is 0 Å². The Morgan fingerprint density at radius 1 is 0.893 bits per heavy atom. The molecule has 28 heavy (non-hydrogen) atoms. The second kappa shape index (κ2) is 12.1. The molecule has 0 aromatic heterocycles. The molecule has 1 unspecified atom stereocenters. The van der Waals surface area contributed by atoms with Gasteiger partial charge in [-0.25, -0.2) is 0 Å². The maximum absolute atomic E-state index is 12.4. The van der Waals surface area contributed by atoms with Crippen molar-refractivity contribution in [2.24, 2.45) is 5.73 Å². The first-order valence-corrected chi connectivity index (χ1v) is 9.52. The molecule has 4 nitrogen and oxygen atoms in total. The summed E-state index contributed by atoms with van der Waals surface area (Å²) in [6, 6.07) is 21.6. The predicted molar refractivity (Wildman–Crippen MR) is 120 cm³/mol. The minimum absolute atomic E-state index is 0. The van der Waals surface area contributed by atoms with Gasteiger partial charge in [-0.1, -0.05) is 60.7 Å². The Kier molecular flexibility index (Phi) is 10.5. The average Bonchev–Trinajstić information content (AvgIpc) is 2.68. The summed E-state index contributed by atoms with van der Waals surface area (Å²) in [7, 11) is 0. The van der Waals surface area contributed by atoms with E-state index in [-0.39, 0.29) is 42.8 Å². The summed E-state index contributed by atoms with van der Waals surface area (Å²) >= 11 is 0. The van der Waals surface area contributed by atoms with E-state index in [1.807, 2.05) is 11.8 Å². The second-order valence-corrected chi connectivity index (χ2v) is 7.16. The monoisotopic (exact) mass is 423 g/mol. The molecule has 1 heterocycles. The van der Waals surface area contributed by atoms with Crippen molar-refractivity contribution < 1.29 is 4.79 Å². The lowest BCUT2D eigenvalue weighted by atomic mass is 9.96. The molecule has 6 heteroatoms. The topological polar surface area (TPSA) is 49.6 Å². The third-order valence-corrected chi connectivity index (χ3v) is 5.08. The van der Waals surface area contributed by atoms with Crippen LogP contribution in [-0.4, -0.2) is 47.9 Å². The van der Waals surface area contributed by atoms with Gasteiger partial charge in [0.25, 0.3) is 0 Å². The Labute approximate surface area is 180 Å². The van der Waals surface area contributed by atoms with Crippen LogP contribution in [0.2, 0.25) is 0 Å². The molecule has 0 saturated carbocycles. The summed E-state index contributed by atoms with van der Waals surface area (Å²) in [5, 5.41) is 0. The molecule has 2 aromatic rings. The Bertz CT molecular complexity index is 650. The summed E-state index contributed by atoms with van der Waals surface area (Å²) in [5.41, 5.74) is 8.38. The van der Waals surface area contributed by atoms with Gasteiger partial charge in [-0.3, -0.25) is 9.69 Å². The molecule has 0 spiro atoms. The van der Waals surface area contributed by atoms with Crippen molar-refractivity contribution in [3.63, 3.8) is 0 Å². The van der Waals surface area contributed by atoms with Gasteiger partial charge in [0.2, 0.25) is 5.91 Å². The fourth-order valence-electron chi connectivity index (χ4n) is 3.62. The molecule has 1 aliphatic rings. The van der Waals surface area contributed by atoms with E-state index in [4.69, 9.17) is 5.73 Å². The van der Waals surface area contributed by atoms with Crippen LogP contribution in [-0.2, 0) is 4.79 Å². The number of carbonyl (C=O) groups is 1. The van der Waals surface area contributed by atoms with E-state index in [0.717, 1.165) is 32.6 Å². The van der Waals surface area contributed by atoms with E-state index in [0.29, 0.717) is 6.42 Å². The van der Waals surface area contributed by atoms with Crippen LogP contribution in [0, 0.1) is 0 Å². The van der Waals surface area contributed by atoms with Crippen molar-refractivity contribution >= 4 is 30.7 Å². The van der Waals surface area contributed by atoms with E-state index in [1.165, 1.54) is 11.1 Å². The van der Waals surface area contributed by atoms with Crippen molar-refractivity contribution in [3.8, 4) is 0 Å². The number of benzene rings is 2. The quantitative estimate of drug-likeness (QED) is 0.766. The Balaban J connectivity index is 0.00000196. The van der Waals surface area contributed by atoms with Crippen LogP contribution in [0.4, 0.5) is 0 Å². The minimum atomic E-state index is 0. The molecule has 1 fully saturated rings. The number of nitrogens with two attached hydrogens (primary N) is 1. The van der Waals surface area contributed by atoms with E-state index in [1.54, 1.807) is 0 Å². The van der Waals surface area contributed by atoms with Crippen LogP contribution in [0.1, 0.15) is 36.9 Å². The molecule has 1 amide bonds. The molecule has 1 aliphatic heterocycles. The summed E-state index contributed by atoms with van der Waals surface area (Å²) in [6.45, 7) is 5.30. The standard InChI is InChI=1S/C22H29N3O.2ClH/c1-18(23)12-13-21(26)24-14-16-25(17-15-24)22(19-8-4-2-5-9-19)20-10-6-3-7-11-20;;/h2-11,18,22H,12-17,23H2,1H3;2*1H. The molecule has 1 atom stereocenters. The number of amides is 1. The van der Waals surface area contributed by atoms with Gasteiger partial charge in [0.15, 0.2) is 0 Å². The molecular weight excluding hydrogens is 393 g/mol. The highest BCUT2D eigenvalue weighted by atomic mass is 35.5. The average molecular weight is 424 g/mol. The fraction of sp³-hybridized carbons (Fsp3) is 0.409. The third kappa shape index (κ3) is 6.49. The molecule has 2 aromatic carbocycles. The van der Waals surface area contributed by atoms with Crippen LogP contribution in [0.15, 0.2) is 60.7 Å². The molecule has 3 rings (SSSR count). The molecule has 0 aliphatic carbocycles. The van der Waals surface area contributed by atoms with Gasteiger partial charge in [0, 0.05) is 38.6 Å². The number of hydrogen-bond donors (Lipinski definition) is 1. The summed E-state index contributed by atoms with van der Waals surface area (Å²) in [4.78, 5) is 16.8. The zero-order valence-corrected chi connectivity index (χ0v) is 18.0. The molecule has 154 valence electrons. The molecule has 0 radical (unpaired) electrons. The first-order valence-electron chi connectivity index (χ1n) is 9.52. The smallest absolute Gasteiger partial charge is 0.222 e. The Hall–Kier alpha value is -1.59. The highest BCUT2D eigenvalue weighted by Crippen LogP contribution is 2.29. The van der Waals surface area contributed by atoms with Crippen LogP contribution < -0.4 is 5.73 Å². The Morgan fingerprint density at radius 2 is 1.36 bits per heavy atom. The van der Waals surface area contributed by atoms with Crippen LogP contribution >= 0.6 is 24.8 Å². The van der Waals surface area contributed by atoms with Gasteiger partial charge in [-0.05, 0) is 24.5 Å². The number of rotatable bonds is 6. The van der Waals surface area contributed by atoms with Crippen molar-refractivity contribution in [2.45, 2.75) is 31.8 Å². The number of piperazine rings is 1. The van der Waals surface area contributed by atoms with Crippen LogP contribution in [0.25, 0.3) is 0 Å². The zero-order valence-electron chi connectivity index (χ0n) is 16.4. The van der Waals surface area contributed by atoms with Crippen molar-refractivity contribution in [1.82, 2.24) is 9.80 Å². The minimum Gasteiger partial charge on any atom is -0.340 e. The second-order valence-electron chi connectivity index (χ2n) is 7.16. The van der Waals surface area contributed by atoms with Gasteiger partial charge in [-0.15, -0.1) is 24.8 Å². The van der Waals surface area contributed by atoms with Gasteiger partial charge < -0.3 is 10.6 Å². The maximum atomic E-state index is 12.4. The summed E-state index contributed by atoms with van der Waals surface area (Å²) < 4.78 is 0. The van der Waals surface area contributed by atoms with Crippen molar-refractivity contribution in [1.29, 1.82) is 0 Å². The van der Waals surface area contributed by atoms with Crippen molar-refractivity contribution in [3.05, 3.63) is 71.8 Å². The number of nitrogens with zero attached hydrogens (tertiary/aromatic N) is 2. The lowest BCUT2D eigenvalue weighted by molar-refractivity contribution is -0.133. The largest absolute Gasteiger partial charge is 0.340 e. The van der Waals surface area contributed by atoms with Crippen molar-refractivity contribution in [2.75, 3.05) is 26.2 Å². The SMILES string of the molecule is CC(N)CCC(=O)N1CCN(C(c2ccccc2)c2ccccc2)CC1.Cl.Cl. The molecular formula is C22H31Cl2N3O. The normalized spacial score (nSPS) is 15.5. The van der Waals surface area contributed by atoms with E-state index in [2.05, 4.69) is 65.6 Å². The predicted octanol–water partition coefficient (Wildman–Crippen LogP) is 3.89. The number of hydrogen-bond acceptors (Lipinski definition) is 3. The highest BCUT2D eigenvalue weighted by Gasteiger charge is 2.27. The molecule has 2 N–H and O–H groups in total. The highest BCUT2D eigenvalue weighted by molar-refractivity contribution is 5.85. The van der Waals surface area contributed by atoms with Gasteiger partial charge in [0.1, 0.15) is 0 Å². The molecule has 1 saturated heterocycles. The first kappa shape index (κ1) is 24.4. The van der Waals surface area contributed by atoms with Gasteiger partial charge in [-0.2, -0.15) is 0 Å². The van der Waals surface area contributed by atoms with Gasteiger partial charge >= 0.3 is 0 Å². The maximum Gasteiger partial charge on any atom is 0.222 e. The zero-order chi connectivity index (χ0) is 18.4. The summed E-state index contributed by atoms with van der Waals surface area (Å²) in [6.07, 6.45) is 1.31. The van der Waals surface area contributed by atoms with E-state index in [9.17, 15) is 4.79 Å².